The molecule has 1 aromatic carbocycles. The van der Waals surface area contributed by atoms with Crippen molar-refractivity contribution in [1.82, 2.24) is 5.32 Å². The highest BCUT2D eigenvalue weighted by atomic mass is 35.5. The van der Waals surface area contributed by atoms with Crippen LogP contribution in [-0.4, -0.2) is 28.6 Å². The molecule has 1 rings (SSSR count). The first-order valence-electron chi connectivity index (χ1n) is 4.81. The number of aliphatic hydroxyl groups excluding tert-OH is 1. The smallest absolute Gasteiger partial charge is 0.270 e. The van der Waals surface area contributed by atoms with Crippen molar-refractivity contribution in [1.29, 1.82) is 0 Å². The van der Waals surface area contributed by atoms with Gasteiger partial charge in [-0.25, -0.2) is 0 Å². The number of hydrogen-bond donors (Lipinski definition) is 2. The average Bonchev–Trinajstić information content (AvgIpc) is 2.28. The maximum atomic E-state index is 11.6. The van der Waals surface area contributed by atoms with Gasteiger partial charge in [0.05, 0.1) is 22.1 Å². The molecular formula is C10H11ClN2O4. The summed E-state index contributed by atoms with van der Waals surface area (Å²) >= 11 is 5.77. The Labute approximate surface area is 102 Å². The maximum Gasteiger partial charge on any atom is 0.270 e. The molecule has 0 heterocycles. The number of nitrogens with zero attached hydrogens (tertiary/aromatic N) is 1. The molecule has 17 heavy (non-hydrogen) atoms. The molecule has 1 aromatic rings. The second-order valence-corrected chi connectivity index (χ2v) is 3.89. The summed E-state index contributed by atoms with van der Waals surface area (Å²) in [6.45, 7) is 1.42. The normalized spacial score (nSPS) is 11.9. The van der Waals surface area contributed by atoms with E-state index < -0.39 is 16.9 Å². The molecule has 0 aromatic heterocycles. The van der Waals surface area contributed by atoms with E-state index in [4.69, 9.17) is 16.7 Å². The van der Waals surface area contributed by atoms with E-state index in [9.17, 15) is 14.9 Å². The van der Waals surface area contributed by atoms with Gasteiger partial charge in [-0.1, -0.05) is 11.6 Å². The van der Waals surface area contributed by atoms with Gasteiger partial charge in [0.1, 0.15) is 0 Å². The van der Waals surface area contributed by atoms with E-state index >= 15 is 0 Å². The molecule has 0 aliphatic heterocycles. The van der Waals surface area contributed by atoms with Crippen LogP contribution in [0.4, 0.5) is 5.69 Å². The minimum Gasteiger partial charge on any atom is -0.394 e. The highest BCUT2D eigenvalue weighted by molar-refractivity contribution is 6.34. The summed E-state index contributed by atoms with van der Waals surface area (Å²) in [6.07, 6.45) is 0. The zero-order valence-electron chi connectivity index (χ0n) is 9.01. The topological polar surface area (TPSA) is 92.5 Å². The molecule has 6 nitrogen and oxygen atoms in total. The van der Waals surface area contributed by atoms with Crippen LogP contribution in [0.2, 0.25) is 5.02 Å². The Balaban J connectivity index is 2.92. The number of non-ortho nitro benzene ring substituents is 1. The molecule has 0 fully saturated rings. The van der Waals surface area contributed by atoms with Crippen molar-refractivity contribution < 1.29 is 14.8 Å². The third-order valence-electron chi connectivity index (χ3n) is 2.06. The number of aliphatic hydroxyl groups is 1. The number of nitro groups is 1. The Hall–Kier alpha value is -1.66. The molecule has 0 unspecified atom stereocenters. The fourth-order valence-electron chi connectivity index (χ4n) is 1.15. The lowest BCUT2D eigenvalue weighted by atomic mass is 10.2. The van der Waals surface area contributed by atoms with Gasteiger partial charge in [0, 0.05) is 18.2 Å². The van der Waals surface area contributed by atoms with E-state index in [1.807, 2.05) is 0 Å². The minimum absolute atomic E-state index is 0.00170. The number of rotatable bonds is 4. The van der Waals surface area contributed by atoms with Gasteiger partial charge in [0.25, 0.3) is 11.6 Å². The number of carbonyl (C=O) groups is 1. The number of halogens is 1. The van der Waals surface area contributed by atoms with Crippen LogP contribution in [-0.2, 0) is 0 Å². The first kappa shape index (κ1) is 13.4. The Morgan fingerprint density at radius 1 is 1.65 bits per heavy atom. The standard InChI is InChI=1S/C10H11ClN2O4/c1-6(5-14)12-10(15)8-3-2-7(13(16)17)4-9(8)11/h2-4,6,14H,5H2,1H3,(H,12,15)/t6-/m1/s1. The quantitative estimate of drug-likeness (QED) is 0.630. The lowest BCUT2D eigenvalue weighted by Gasteiger charge is -2.11. The van der Waals surface area contributed by atoms with Crippen LogP contribution >= 0.6 is 11.6 Å². The molecule has 0 saturated carbocycles. The van der Waals surface area contributed by atoms with Crippen molar-refractivity contribution in [2.24, 2.45) is 0 Å². The van der Waals surface area contributed by atoms with Crippen LogP contribution in [0, 0.1) is 10.1 Å². The number of benzene rings is 1. The van der Waals surface area contributed by atoms with Crippen LogP contribution in [0.1, 0.15) is 17.3 Å². The van der Waals surface area contributed by atoms with Gasteiger partial charge in [0.2, 0.25) is 0 Å². The lowest BCUT2D eigenvalue weighted by Crippen LogP contribution is -2.35. The number of nitro benzene ring substituents is 1. The predicted molar refractivity (Wildman–Crippen MR) is 62.1 cm³/mol. The minimum atomic E-state index is -0.593. The summed E-state index contributed by atoms with van der Waals surface area (Å²) in [6, 6.07) is 3.18. The van der Waals surface area contributed by atoms with E-state index in [1.54, 1.807) is 6.92 Å². The fourth-order valence-corrected chi connectivity index (χ4v) is 1.41. The predicted octanol–water partition coefficient (Wildman–Crippen LogP) is 1.36. The monoisotopic (exact) mass is 258 g/mol. The van der Waals surface area contributed by atoms with Crippen LogP contribution in [0.3, 0.4) is 0 Å². The SMILES string of the molecule is C[C@H](CO)NC(=O)c1ccc([N+](=O)[O-])cc1Cl. The molecule has 0 spiro atoms. The molecule has 92 valence electrons. The van der Waals surface area contributed by atoms with E-state index in [0.29, 0.717) is 0 Å². The maximum absolute atomic E-state index is 11.6. The number of amides is 1. The van der Waals surface area contributed by atoms with E-state index in [0.717, 1.165) is 6.07 Å². The third-order valence-corrected chi connectivity index (χ3v) is 2.37. The van der Waals surface area contributed by atoms with Crippen LogP contribution in [0.15, 0.2) is 18.2 Å². The van der Waals surface area contributed by atoms with Gasteiger partial charge >= 0.3 is 0 Å². The van der Waals surface area contributed by atoms with Gasteiger partial charge in [-0.2, -0.15) is 0 Å². The van der Waals surface area contributed by atoms with Crippen LogP contribution in [0.25, 0.3) is 0 Å². The molecule has 1 amide bonds. The summed E-state index contributed by atoms with van der Waals surface area (Å²) in [5, 5.41) is 21.7. The van der Waals surface area contributed by atoms with Crippen molar-refractivity contribution in [3.63, 3.8) is 0 Å². The molecular weight excluding hydrogens is 248 g/mol. The Morgan fingerprint density at radius 3 is 2.76 bits per heavy atom. The molecule has 0 bridgehead atoms. The lowest BCUT2D eigenvalue weighted by molar-refractivity contribution is -0.384. The fraction of sp³-hybridized carbons (Fsp3) is 0.300. The number of carbonyl (C=O) groups excluding carboxylic acids is 1. The largest absolute Gasteiger partial charge is 0.394 e. The second-order valence-electron chi connectivity index (χ2n) is 3.48. The molecule has 1 atom stereocenters. The van der Waals surface area contributed by atoms with E-state index in [2.05, 4.69) is 5.32 Å². The van der Waals surface area contributed by atoms with Gasteiger partial charge in [-0.05, 0) is 13.0 Å². The molecule has 0 radical (unpaired) electrons. The highest BCUT2D eigenvalue weighted by Crippen LogP contribution is 2.22. The molecule has 2 N–H and O–H groups in total. The van der Waals surface area contributed by atoms with Crippen LogP contribution < -0.4 is 5.32 Å². The van der Waals surface area contributed by atoms with Gasteiger partial charge in [-0.15, -0.1) is 0 Å². The van der Waals surface area contributed by atoms with Gasteiger partial charge in [0.15, 0.2) is 0 Å². The van der Waals surface area contributed by atoms with E-state index in [1.165, 1.54) is 12.1 Å². The van der Waals surface area contributed by atoms with E-state index in [-0.39, 0.29) is 22.9 Å². The van der Waals surface area contributed by atoms with Crippen molar-refractivity contribution >= 4 is 23.2 Å². The van der Waals surface area contributed by atoms with Crippen LogP contribution in [0.5, 0.6) is 0 Å². The van der Waals surface area contributed by atoms with Crippen molar-refractivity contribution in [2.45, 2.75) is 13.0 Å². The summed E-state index contributed by atoms with van der Waals surface area (Å²) < 4.78 is 0. The third kappa shape index (κ3) is 3.40. The summed E-state index contributed by atoms with van der Waals surface area (Å²) in [7, 11) is 0. The first-order chi connectivity index (χ1) is 7.95. The second kappa shape index (κ2) is 5.60. The van der Waals surface area contributed by atoms with Gasteiger partial charge < -0.3 is 10.4 Å². The Bertz CT molecular complexity index is 450. The molecule has 0 aliphatic rings. The average molecular weight is 259 g/mol. The molecule has 7 heteroatoms. The zero-order valence-corrected chi connectivity index (χ0v) is 9.77. The summed E-state index contributed by atoms with van der Waals surface area (Å²) in [4.78, 5) is 21.5. The first-order valence-corrected chi connectivity index (χ1v) is 5.19. The van der Waals surface area contributed by atoms with Crippen molar-refractivity contribution in [3.8, 4) is 0 Å². The Kier molecular flexibility index (Phi) is 4.42. The zero-order chi connectivity index (χ0) is 13.0. The molecule has 0 aliphatic carbocycles. The van der Waals surface area contributed by atoms with Crippen molar-refractivity contribution in [2.75, 3.05) is 6.61 Å². The van der Waals surface area contributed by atoms with Gasteiger partial charge in [-0.3, -0.25) is 14.9 Å². The van der Waals surface area contributed by atoms with Crippen molar-refractivity contribution in [3.05, 3.63) is 38.9 Å². The Morgan fingerprint density at radius 2 is 2.29 bits per heavy atom. The summed E-state index contributed by atoms with van der Waals surface area (Å²) in [5.41, 5.74) is -0.0423. The number of hydrogen-bond acceptors (Lipinski definition) is 4. The number of nitrogens with one attached hydrogen (secondary N) is 1. The molecule has 0 saturated heterocycles. The highest BCUT2D eigenvalue weighted by Gasteiger charge is 2.15. The summed E-state index contributed by atoms with van der Waals surface area (Å²) in [5.74, 6) is -0.480.